The molecule has 0 bridgehead atoms. The fraction of sp³-hybridized carbons (Fsp3) is 0.875. The van der Waals surface area contributed by atoms with Crippen molar-refractivity contribution in [2.45, 2.75) is 66.8 Å². The molecule has 0 aliphatic rings. The van der Waals surface area contributed by atoms with Gasteiger partial charge in [0.2, 0.25) is 5.91 Å². The molecule has 0 radical (unpaired) electrons. The lowest BCUT2D eigenvalue weighted by Crippen LogP contribution is -2.43. The van der Waals surface area contributed by atoms with Gasteiger partial charge < -0.3 is 16.0 Å². The standard InChI is InChI=1S/C16H34N4O.HI/c1-8-17-14(18-11-9-10-15(2,3)4)19-12-13(21)20-16(5,6)7;/h8-12H2,1-7H3,(H,20,21)(H2,17,18,19);1H. The predicted molar refractivity (Wildman–Crippen MR) is 106 cm³/mol. The first-order chi connectivity index (χ1) is 9.53. The summed E-state index contributed by atoms with van der Waals surface area (Å²) in [6.07, 6.45) is 2.24. The maximum Gasteiger partial charge on any atom is 0.242 e. The van der Waals surface area contributed by atoms with Crippen molar-refractivity contribution in [3.8, 4) is 0 Å². The molecule has 3 N–H and O–H groups in total. The van der Waals surface area contributed by atoms with Crippen LogP contribution in [-0.4, -0.2) is 37.0 Å². The van der Waals surface area contributed by atoms with Crippen molar-refractivity contribution in [3.05, 3.63) is 0 Å². The second-order valence-corrected chi connectivity index (χ2v) is 7.58. The molecule has 22 heavy (non-hydrogen) atoms. The second kappa shape index (κ2) is 11.1. The Balaban J connectivity index is 0. The number of nitrogens with zero attached hydrogens (tertiary/aromatic N) is 1. The first-order valence-corrected chi connectivity index (χ1v) is 7.87. The molecular weight excluding hydrogens is 391 g/mol. The third-order valence-corrected chi connectivity index (χ3v) is 2.64. The van der Waals surface area contributed by atoms with Gasteiger partial charge >= 0.3 is 0 Å². The Morgan fingerprint density at radius 3 is 2.09 bits per heavy atom. The Hall–Kier alpha value is -0.530. The number of rotatable bonds is 6. The number of hydrogen-bond acceptors (Lipinski definition) is 2. The molecule has 0 fully saturated rings. The van der Waals surface area contributed by atoms with Gasteiger partial charge in [-0.25, -0.2) is 4.99 Å². The first kappa shape index (κ1) is 23.7. The van der Waals surface area contributed by atoms with Gasteiger partial charge in [-0.15, -0.1) is 24.0 Å². The quantitative estimate of drug-likeness (QED) is 0.265. The summed E-state index contributed by atoms with van der Waals surface area (Å²) in [6.45, 7) is 16.4. The van der Waals surface area contributed by atoms with E-state index in [9.17, 15) is 4.79 Å². The lowest BCUT2D eigenvalue weighted by Gasteiger charge is -2.20. The maximum absolute atomic E-state index is 11.8. The molecule has 132 valence electrons. The third kappa shape index (κ3) is 15.9. The van der Waals surface area contributed by atoms with Crippen molar-refractivity contribution < 1.29 is 4.79 Å². The lowest BCUT2D eigenvalue weighted by atomic mass is 9.91. The number of hydrogen-bond donors (Lipinski definition) is 3. The van der Waals surface area contributed by atoms with Crippen molar-refractivity contribution >= 4 is 35.8 Å². The van der Waals surface area contributed by atoms with Gasteiger partial charge in [0, 0.05) is 18.6 Å². The predicted octanol–water partition coefficient (Wildman–Crippen LogP) is 2.90. The number of guanidine groups is 1. The molecule has 0 aromatic rings. The smallest absolute Gasteiger partial charge is 0.242 e. The largest absolute Gasteiger partial charge is 0.357 e. The van der Waals surface area contributed by atoms with Crippen LogP contribution >= 0.6 is 24.0 Å². The minimum Gasteiger partial charge on any atom is -0.357 e. The molecule has 5 nitrogen and oxygen atoms in total. The maximum atomic E-state index is 11.8. The summed E-state index contributed by atoms with van der Waals surface area (Å²) in [7, 11) is 0. The monoisotopic (exact) mass is 426 g/mol. The fourth-order valence-corrected chi connectivity index (χ4v) is 1.78. The van der Waals surface area contributed by atoms with Gasteiger partial charge in [-0.3, -0.25) is 4.79 Å². The molecule has 6 heteroatoms. The number of nitrogens with one attached hydrogen (secondary N) is 3. The Labute approximate surface area is 153 Å². The van der Waals surface area contributed by atoms with E-state index in [1.807, 2.05) is 27.7 Å². The Morgan fingerprint density at radius 2 is 1.64 bits per heavy atom. The van der Waals surface area contributed by atoms with E-state index >= 15 is 0 Å². The molecule has 0 aromatic heterocycles. The molecule has 0 aliphatic heterocycles. The minimum absolute atomic E-state index is 0. The Morgan fingerprint density at radius 1 is 1.05 bits per heavy atom. The van der Waals surface area contributed by atoms with Crippen LogP contribution in [0.25, 0.3) is 0 Å². The molecule has 0 heterocycles. The van der Waals surface area contributed by atoms with Gasteiger partial charge in [-0.1, -0.05) is 20.8 Å². The van der Waals surface area contributed by atoms with Gasteiger partial charge in [-0.2, -0.15) is 0 Å². The molecule has 0 aromatic carbocycles. The summed E-state index contributed by atoms with van der Waals surface area (Å²) >= 11 is 0. The van der Waals surface area contributed by atoms with Crippen LogP contribution in [0.5, 0.6) is 0 Å². The Bertz CT molecular complexity index is 343. The van der Waals surface area contributed by atoms with Crippen LogP contribution in [0.2, 0.25) is 0 Å². The van der Waals surface area contributed by atoms with E-state index in [2.05, 4.69) is 41.7 Å². The zero-order valence-corrected chi connectivity index (χ0v) is 17.6. The molecular formula is C16H35IN4O. The molecule has 0 aliphatic carbocycles. The number of halogens is 1. The highest BCUT2D eigenvalue weighted by Crippen LogP contribution is 2.19. The Kier molecular flexibility index (Phi) is 11.9. The number of aliphatic imine (C=N–C) groups is 1. The van der Waals surface area contributed by atoms with Gasteiger partial charge in [0.05, 0.1) is 0 Å². The van der Waals surface area contributed by atoms with E-state index in [-0.39, 0.29) is 42.0 Å². The molecule has 0 spiro atoms. The second-order valence-electron chi connectivity index (χ2n) is 7.58. The fourth-order valence-electron chi connectivity index (χ4n) is 1.78. The summed E-state index contributed by atoms with van der Waals surface area (Å²) in [4.78, 5) is 16.1. The van der Waals surface area contributed by atoms with E-state index < -0.39 is 0 Å². The lowest BCUT2D eigenvalue weighted by molar-refractivity contribution is -0.121. The van der Waals surface area contributed by atoms with Crippen molar-refractivity contribution in [3.63, 3.8) is 0 Å². The topological polar surface area (TPSA) is 65.5 Å². The highest BCUT2D eigenvalue weighted by molar-refractivity contribution is 14.0. The average Bonchev–Trinajstić information content (AvgIpc) is 2.27. The average molecular weight is 426 g/mol. The molecule has 1 amide bonds. The van der Waals surface area contributed by atoms with E-state index in [1.54, 1.807) is 0 Å². The summed E-state index contributed by atoms with van der Waals surface area (Å²) in [5.41, 5.74) is 0.134. The van der Waals surface area contributed by atoms with Crippen LogP contribution in [0, 0.1) is 5.41 Å². The summed E-state index contributed by atoms with van der Waals surface area (Å²) in [5, 5.41) is 9.33. The molecule has 0 saturated heterocycles. The van der Waals surface area contributed by atoms with Crippen LogP contribution in [0.3, 0.4) is 0 Å². The molecule has 0 rings (SSSR count). The number of carbonyl (C=O) groups is 1. The summed E-state index contributed by atoms with van der Waals surface area (Å²) in [5.74, 6) is 0.643. The van der Waals surface area contributed by atoms with Crippen LogP contribution in [0.4, 0.5) is 0 Å². The van der Waals surface area contributed by atoms with Gasteiger partial charge in [0.15, 0.2) is 5.96 Å². The SMILES string of the molecule is CCNC(=NCC(=O)NC(C)(C)C)NCCCC(C)(C)C.I. The van der Waals surface area contributed by atoms with Gasteiger partial charge in [-0.05, 0) is 46.0 Å². The van der Waals surface area contributed by atoms with Crippen molar-refractivity contribution in [2.75, 3.05) is 19.6 Å². The van der Waals surface area contributed by atoms with Crippen LogP contribution in [0.15, 0.2) is 4.99 Å². The zero-order chi connectivity index (χ0) is 16.5. The summed E-state index contributed by atoms with van der Waals surface area (Å²) in [6, 6.07) is 0. The van der Waals surface area contributed by atoms with Crippen LogP contribution in [-0.2, 0) is 4.79 Å². The molecule has 0 saturated carbocycles. The zero-order valence-electron chi connectivity index (χ0n) is 15.3. The van der Waals surface area contributed by atoms with Crippen LogP contribution < -0.4 is 16.0 Å². The van der Waals surface area contributed by atoms with Crippen molar-refractivity contribution in [1.82, 2.24) is 16.0 Å². The number of amides is 1. The van der Waals surface area contributed by atoms with Crippen molar-refractivity contribution in [1.29, 1.82) is 0 Å². The van der Waals surface area contributed by atoms with E-state index in [0.29, 0.717) is 11.4 Å². The van der Waals surface area contributed by atoms with Crippen molar-refractivity contribution in [2.24, 2.45) is 10.4 Å². The highest BCUT2D eigenvalue weighted by Gasteiger charge is 2.13. The van der Waals surface area contributed by atoms with Crippen LogP contribution in [0.1, 0.15) is 61.3 Å². The third-order valence-electron chi connectivity index (χ3n) is 2.64. The highest BCUT2D eigenvalue weighted by atomic mass is 127. The van der Waals surface area contributed by atoms with E-state index in [0.717, 1.165) is 25.9 Å². The molecule has 0 atom stereocenters. The number of carbonyl (C=O) groups excluding carboxylic acids is 1. The molecule has 0 unspecified atom stereocenters. The van der Waals surface area contributed by atoms with Gasteiger partial charge in [0.25, 0.3) is 0 Å². The first-order valence-electron chi connectivity index (χ1n) is 7.87. The van der Waals surface area contributed by atoms with E-state index in [4.69, 9.17) is 0 Å². The summed E-state index contributed by atoms with van der Waals surface area (Å²) < 4.78 is 0. The van der Waals surface area contributed by atoms with E-state index in [1.165, 1.54) is 0 Å². The normalized spacial score (nSPS) is 12.4. The minimum atomic E-state index is -0.217. The van der Waals surface area contributed by atoms with Gasteiger partial charge in [0.1, 0.15) is 6.54 Å².